The van der Waals surface area contributed by atoms with Crippen LogP contribution in [0.3, 0.4) is 0 Å². The highest BCUT2D eigenvalue weighted by Crippen LogP contribution is 2.24. The van der Waals surface area contributed by atoms with E-state index in [4.69, 9.17) is 9.84 Å². The summed E-state index contributed by atoms with van der Waals surface area (Å²) < 4.78 is 33.6. The molecule has 0 spiro atoms. The zero-order valence-electron chi connectivity index (χ0n) is 16.6. The lowest BCUT2D eigenvalue weighted by atomic mass is 9.97. The highest BCUT2D eigenvalue weighted by molar-refractivity contribution is 5.88. The van der Waals surface area contributed by atoms with Crippen LogP contribution in [0.4, 0.5) is 8.78 Å². The van der Waals surface area contributed by atoms with Crippen LogP contribution in [0.2, 0.25) is 0 Å². The van der Waals surface area contributed by atoms with Crippen molar-refractivity contribution in [2.75, 3.05) is 26.2 Å². The Morgan fingerprint density at radius 3 is 2.55 bits per heavy atom. The van der Waals surface area contributed by atoms with E-state index in [1.165, 1.54) is 24.5 Å². The van der Waals surface area contributed by atoms with Crippen LogP contribution < -0.4 is 4.74 Å². The van der Waals surface area contributed by atoms with Crippen LogP contribution >= 0.6 is 0 Å². The van der Waals surface area contributed by atoms with E-state index in [9.17, 15) is 13.6 Å². The number of hydrogen-bond acceptors (Lipinski definition) is 5. The molecule has 6 nitrogen and oxygen atoms in total. The van der Waals surface area contributed by atoms with Crippen LogP contribution in [0, 0.1) is 11.7 Å². The Morgan fingerprint density at radius 1 is 1.28 bits per heavy atom. The molecule has 8 heteroatoms. The van der Waals surface area contributed by atoms with E-state index < -0.39 is 17.5 Å². The topological polar surface area (TPSA) is 75.5 Å². The summed E-state index contributed by atoms with van der Waals surface area (Å²) in [7, 11) is 0. The molecule has 0 bridgehead atoms. The number of carboxylic acids is 1. The van der Waals surface area contributed by atoms with Gasteiger partial charge in [-0.1, -0.05) is 0 Å². The van der Waals surface area contributed by atoms with Gasteiger partial charge >= 0.3 is 5.97 Å². The van der Waals surface area contributed by atoms with Crippen molar-refractivity contribution in [3.05, 3.63) is 42.0 Å². The molecule has 0 saturated carbocycles. The van der Waals surface area contributed by atoms with Gasteiger partial charge in [0.2, 0.25) is 5.88 Å². The van der Waals surface area contributed by atoms with Crippen LogP contribution in [-0.4, -0.2) is 57.9 Å². The van der Waals surface area contributed by atoms with Gasteiger partial charge in [0.1, 0.15) is 11.5 Å². The summed E-state index contributed by atoms with van der Waals surface area (Å²) in [6, 6.07) is 3.65. The maximum absolute atomic E-state index is 14.1. The van der Waals surface area contributed by atoms with Crippen molar-refractivity contribution < 1.29 is 23.4 Å². The number of aromatic nitrogens is 2. The summed E-state index contributed by atoms with van der Waals surface area (Å²) in [6.45, 7) is 5.82. The first-order valence-electron chi connectivity index (χ1n) is 9.60. The lowest BCUT2D eigenvalue weighted by Gasteiger charge is -2.34. The van der Waals surface area contributed by atoms with Crippen molar-refractivity contribution in [1.29, 1.82) is 0 Å². The van der Waals surface area contributed by atoms with Crippen molar-refractivity contribution in [3.63, 3.8) is 0 Å². The molecular formula is C21H25F2N3O3. The zero-order valence-corrected chi connectivity index (χ0v) is 16.6. The Bertz CT molecular complexity index is 845. The number of carboxylic acid groups (broad SMARTS) is 1. The third kappa shape index (κ3) is 5.93. The van der Waals surface area contributed by atoms with Gasteiger partial charge in [0.25, 0.3) is 0 Å². The fraction of sp³-hybridized carbons (Fsp3) is 0.476. The largest absolute Gasteiger partial charge is 0.478 e. The van der Waals surface area contributed by atoms with Crippen LogP contribution in [-0.2, 0) is 0 Å². The second kappa shape index (κ2) is 8.82. The molecule has 2 heterocycles. The summed E-state index contributed by atoms with van der Waals surface area (Å²) in [5.74, 6) is -1.14. The van der Waals surface area contributed by atoms with Gasteiger partial charge in [-0.15, -0.1) is 0 Å². The predicted octanol–water partition coefficient (Wildman–Crippen LogP) is 3.82. The fourth-order valence-corrected chi connectivity index (χ4v) is 3.43. The number of benzene rings is 1. The van der Waals surface area contributed by atoms with E-state index in [2.05, 4.69) is 14.9 Å². The minimum Gasteiger partial charge on any atom is -0.478 e. The molecule has 2 aromatic rings. The number of piperidine rings is 1. The van der Waals surface area contributed by atoms with E-state index in [-0.39, 0.29) is 11.1 Å². The Morgan fingerprint density at radius 2 is 2.00 bits per heavy atom. The molecule has 0 radical (unpaired) electrons. The molecule has 1 aromatic carbocycles. The second-order valence-corrected chi connectivity index (χ2v) is 7.99. The van der Waals surface area contributed by atoms with Gasteiger partial charge in [0.15, 0.2) is 0 Å². The van der Waals surface area contributed by atoms with E-state index >= 15 is 0 Å². The highest BCUT2D eigenvalue weighted by Gasteiger charge is 2.25. The molecule has 1 N–H and O–H groups in total. The summed E-state index contributed by atoms with van der Waals surface area (Å²) in [5, 5.41) is 8.91. The maximum Gasteiger partial charge on any atom is 0.335 e. The van der Waals surface area contributed by atoms with Gasteiger partial charge in [-0.25, -0.2) is 23.5 Å². The van der Waals surface area contributed by atoms with Crippen LogP contribution in [0.25, 0.3) is 11.3 Å². The molecule has 156 valence electrons. The molecule has 0 amide bonds. The van der Waals surface area contributed by atoms with Gasteiger partial charge in [0.05, 0.1) is 30.3 Å². The molecule has 3 rings (SSSR count). The third-order valence-corrected chi connectivity index (χ3v) is 4.89. The zero-order chi connectivity index (χ0) is 21.0. The Hall–Kier alpha value is -2.61. The number of likely N-dealkylation sites (tertiary alicyclic amines) is 1. The minimum absolute atomic E-state index is 0.125. The predicted molar refractivity (Wildman–Crippen MR) is 104 cm³/mol. The molecule has 0 aliphatic carbocycles. The lowest BCUT2D eigenvalue weighted by molar-refractivity contribution is 0.0696. The van der Waals surface area contributed by atoms with Gasteiger partial charge < -0.3 is 14.7 Å². The maximum atomic E-state index is 14.1. The second-order valence-electron chi connectivity index (χ2n) is 7.99. The average molecular weight is 405 g/mol. The minimum atomic E-state index is -1.19. The molecule has 1 saturated heterocycles. The Balaban J connectivity index is 1.52. The van der Waals surface area contributed by atoms with Crippen LogP contribution in [0.15, 0.2) is 30.6 Å². The quantitative estimate of drug-likeness (QED) is 0.755. The first-order chi connectivity index (χ1) is 13.7. The molecule has 1 aliphatic rings. The Labute approximate surface area is 168 Å². The van der Waals surface area contributed by atoms with E-state index in [0.29, 0.717) is 30.6 Å². The van der Waals surface area contributed by atoms with E-state index in [0.717, 1.165) is 32.0 Å². The SMILES string of the molecule is CC(C)(F)CN1CCC(COc2cnc(-c3ccc(C(=O)O)cc3F)cn2)CC1. The highest BCUT2D eigenvalue weighted by atomic mass is 19.1. The van der Waals surface area contributed by atoms with Crippen molar-refractivity contribution in [2.24, 2.45) is 5.92 Å². The monoisotopic (exact) mass is 405 g/mol. The van der Waals surface area contributed by atoms with E-state index in [1.54, 1.807) is 13.8 Å². The Kier molecular flexibility index (Phi) is 6.42. The number of ether oxygens (including phenoxy) is 1. The molecule has 0 unspecified atom stereocenters. The van der Waals surface area contributed by atoms with Gasteiger partial charge in [-0.05, 0) is 63.9 Å². The molecule has 29 heavy (non-hydrogen) atoms. The first-order valence-corrected chi connectivity index (χ1v) is 9.60. The summed E-state index contributed by atoms with van der Waals surface area (Å²) in [5.41, 5.74) is -0.833. The number of halogens is 2. The van der Waals surface area contributed by atoms with Crippen molar-refractivity contribution >= 4 is 5.97 Å². The average Bonchev–Trinajstić information content (AvgIpc) is 2.66. The van der Waals surface area contributed by atoms with Crippen molar-refractivity contribution in [2.45, 2.75) is 32.4 Å². The summed E-state index contributed by atoms with van der Waals surface area (Å²) in [4.78, 5) is 21.4. The number of aromatic carboxylic acids is 1. The standard InChI is InChI=1S/C21H25F2N3O3/c1-21(2,23)13-26-7-5-14(6-8-26)12-29-19-11-24-18(10-25-19)16-4-3-15(20(27)28)9-17(16)22/h3-4,9-11,14H,5-8,12-13H2,1-2H3,(H,27,28). The third-order valence-electron chi connectivity index (χ3n) is 4.89. The normalized spacial score (nSPS) is 16.0. The van der Waals surface area contributed by atoms with Crippen LogP contribution in [0.1, 0.15) is 37.0 Å². The molecule has 1 aromatic heterocycles. The van der Waals surface area contributed by atoms with Gasteiger partial charge in [-0.2, -0.15) is 0 Å². The molecule has 1 fully saturated rings. The van der Waals surface area contributed by atoms with Crippen molar-refractivity contribution in [3.8, 4) is 17.1 Å². The molecular weight excluding hydrogens is 380 g/mol. The number of rotatable bonds is 7. The number of hydrogen-bond donors (Lipinski definition) is 1. The van der Waals surface area contributed by atoms with Crippen LogP contribution in [0.5, 0.6) is 5.88 Å². The summed E-state index contributed by atoms with van der Waals surface area (Å²) in [6.07, 6.45) is 4.70. The fourth-order valence-electron chi connectivity index (χ4n) is 3.43. The molecule has 1 aliphatic heterocycles. The smallest absolute Gasteiger partial charge is 0.335 e. The van der Waals surface area contributed by atoms with Gasteiger partial charge in [-0.3, -0.25) is 0 Å². The first kappa shape index (κ1) is 21.1. The van der Waals surface area contributed by atoms with Crippen molar-refractivity contribution in [1.82, 2.24) is 14.9 Å². The summed E-state index contributed by atoms with van der Waals surface area (Å²) >= 11 is 0. The number of alkyl halides is 1. The van der Waals surface area contributed by atoms with Gasteiger partial charge in [0, 0.05) is 12.1 Å². The lowest BCUT2D eigenvalue weighted by Crippen LogP contribution is -2.41. The molecule has 0 atom stereocenters. The number of carbonyl (C=O) groups is 1. The number of nitrogens with zero attached hydrogens (tertiary/aromatic N) is 3. The van der Waals surface area contributed by atoms with E-state index in [1.807, 2.05) is 0 Å².